The molecule has 0 bridgehead atoms. The van der Waals surface area contributed by atoms with Gasteiger partial charge in [-0.3, -0.25) is 57.5 Å². The lowest BCUT2D eigenvalue weighted by Gasteiger charge is -2.13. The molecule has 9 heterocycles. The van der Waals surface area contributed by atoms with E-state index in [-0.39, 0.29) is 128 Å². The van der Waals surface area contributed by atoms with E-state index < -0.39 is 53.3 Å². The molecule has 10 aromatic rings. The van der Waals surface area contributed by atoms with Crippen molar-refractivity contribution in [2.75, 3.05) is 170 Å². The van der Waals surface area contributed by atoms with E-state index in [0.717, 1.165) is 38.1 Å². The zero-order valence-corrected chi connectivity index (χ0v) is 74.4. The Labute approximate surface area is 750 Å². The smallest absolute Gasteiger partial charge is 0.292 e. The Morgan fingerprint density at radius 1 is 0.419 bits per heavy atom. The highest BCUT2D eigenvalue weighted by Gasteiger charge is 2.33. The van der Waals surface area contributed by atoms with Crippen molar-refractivity contribution < 1.29 is 90.6 Å². The highest BCUT2D eigenvalue weighted by Crippen LogP contribution is 2.40. The van der Waals surface area contributed by atoms with E-state index in [4.69, 9.17) is 59.2 Å². The maximum absolute atomic E-state index is 13.6. The van der Waals surface area contributed by atoms with Gasteiger partial charge < -0.3 is 123 Å². The number of halogens is 1. The normalized spacial score (nSPS) is 12.2. The molecular weight excluding hydrogens is 1720 g/mol. The van der Waals surface area contributed by atoms with Crippen molar-refractivity contribution in [1.82, 2.24) is 83.4 Å². The van der Waals surface area contributed by atoms with E-state index in [1.54, 1.807) is 87.8 Å². The summed E-state index contributed by atoms with van der Waals surface area (Å²) in [6, 6.07) is 17.0. The molecule has 0 unspecified atom stereocenters. The number of thiophene rings is 1. The first-order valence-corrected chi connectivity index (χ1v) is 42.5. The third kappa shape index (κ3) is 28.4. The zero-order valence-electron chi connectivity index (χ0n) is 72.9. The van der Waals surface area contributed by atoms with Crippen LogP contribution in [-0.4, -0.2) is 265 Å². The molecule has 688 valence electrons. The number of rotatable bonds is 52. The fourth-order valence-corrected chi connectivity index (χ4v) is 14.3. The van der Waals surface area contributed by atoms with E-state index in [1.807, 2.05) is 35.8 Å². The fourth-order valence-electron chi connectivity index (χ4n) is 13.0. The molecule has 10 N–H and O–H groups in total. The highest BCUT2D eigenvalue weighted by molar-refractivity contribution is 7.15. The average Bonchev–Trinajstić information content (AvgIpc) is 1.59. The Bertz CT molecular complexity index is 5570. The number of nitrogens with zero attached hydrogens (tertiary/aromatic N) is 14. The zero-order chi connectivity index (χ0) is 91.9. The van der Waals surface area contributed by atoms with Crippen LogP contribution in [-0.2, 0) is 99.4 Å². The molecule has 2 aromatic carbocycles. The van der Waals surface area contributed by atoms with E-state index >= 15 is 0 Å². The Balaban J connectivity index is 0.443. The molecule has 43 nitrogen and oxygen atoms in total. The Hall–Kier alpha value is -13.2. The molecule has 0 aliphatic carbocycles. The number of benzene rings is 2. The SMILES string of the molecule is Cc1sc2c(c1C)C(c1ccc(Cl)cc1)=N[C@@H](CC(=O)Nc1ccc(OCCOCCOCCOCCOCCOCCOCCOCCOCCNC(=O)CCNC(=O)c3nc(NC(=O)c4nc(NC(=O)CCNC(=O)c5cc(NC(=O)c6nc(NC(=O)CCNC(=O)c7cc(NC(=O)c8nccn8C)cn7C)cn6C)cn5C)cn4C)cn3C)cc1)c1nnc(C)n1-2. The quantitative estimate of drug-likeness (QED) is 0.0220. The van der Waals surface area contributed by atoms with E-state index in [0.29, 0.717) is 134 Å². The Kier molecular flexibility index (Phi) is 36.0. The molecule has 1 aliphatic rings. The van der Waals surface area contributed by atoms with Crippen LogP contribution in [0, 0.1) is 20.8 Å². The van der Waals surface area contributed by atoms with Gasteiger partial charge in [-0.05, 0) is 74.9 Å². The minimum absolute atomic E-state index is 0.00142. The molecule has 0 radical (unpaired) electrons. The van der Waals surface area contributed by atoms with Crippen LogP contribution in [0.2, 0.25) is 5.02 Å². The van der Waals surface area contributed by atoms with Gasteiger partial charge in [-0.2, -0.15) is 0 Å². The first kappa shape index (κ1) is 96.5. The lowest BCUT2D eigenvalue weighted by atomic mass is 9.99. The molecule has 10 amide bonds. The minimum Gasteiger partial charge on any atom is -0.491 e. The van der Waals surface area contributed by atoms with Crippen molar-refractivity contribution in [3.05, 3.63) is 177 Å². The molecule has 1 atom stereocenters. The predicted molar refractivity (Wildman–Crippen MR) is 474 cm³/mol. The number of aliphatic imine (C=N–C) groups is 1. The van der Waals surface area contributed by atoms with Crippen LogP contribution in [0.3, 0.4) is 0 Å². The molecular formula is C84H105ClN24O19S. The molecule has 129 heavy (non-hydrogen) atoms. The van der Waals surface area contributed by atoms with Gasteiger partial charge in [0.25, 0.3) is 35.4 Å². The van der Waals surface area contributed by atoms with Crippen molar-refractivity contribution in [1.29, 1.82) is 0 Å². The van der Waals surface area contributed by atoms with Crippen molar-refractivity contribution in [3.8, 4) is 10.8 Å². The number of ether oxygens (including phenoxy) is 9. The van der Waals surface area contributed by atoms with Crippen LogP contribution >= 0.6 is 22.9 Å². The lowest BCUT2D eigenvalue weighted by molar-refractivity contribution is -0.121. The highest BCUT2D eigenvalue weighted by atomic mass is 35.5. The summed E-state index contributed by atoms with van der Waals surface area (Å²) >= 11 is 7.92. The number of imidazole rings is 4. The van der Waals surface area contributed by atoms with Gasteiger partial charge in [0.05, 0.1) is 129 Å². The summed E-state index contributed by atoms with van der Waals surface area (Å²) in [5.74, 6) is -2.93. The monoisotopic (exact) mass is 1820 g/mol. The van der Waals surface area contributed by atoms with Crippen LogP contribution in [0.1, 0.15) is 128 Å². The predicted octanol–water partition coefficient (Wildman–Crippen LogP) is 5.16. The van der Waals surface area contributed by atoms with Gasteiger partial charge in [0, 0.05) is 158 Å². The van der Waals surface area contributed by atoms with Crippen molar-refractivity contribution in [2.24, 2.45) is 47.3 Å². The molecule has 45 heteroatoms. The maximum atomic E-state index is 13.6. The average molecular weight is 1820 g/mol. The van der Waals surface area contributed by atoms with Gasteiger partial charge in [-0.25, -0.2) is 19.9 Å². The number of aromatic nitrogens is 13. The summed E-state index contributed by atoms with van der Waals surface area (Å²) in [5, 5.41) is 37.4. The van der Waals surface area contributed by atoms with Gasteiger partial charge in [0.2, 0.25) is 41.1 Å². The topological polar surface area (TPSA) is 498 Å². The first-order valence-electron chi connectivity index (χ1n) is 41.3. The second kappa shape index (κ2) is 48.1. The molecule has 11 rings (SSSR count). The van der Waals surface area contributed by atoms with Crippen LogP contribution in [0.15, 0.2) is 109 Å². The molecule has 0 spiro atoms. The summed E-state index contributed by atoms with van der Waals surface area (Å²) in [7, 11) is 9.54. The van der Waals surface area contributed by atoms with Crippen molar-refractivity contribution >= 4 is 122 Å². The minimum atomic E-state index is -0.702. The fraction of sp³-hybridized carbons (Fsp3) is 0.417. The molecule has 0 saturated carbocycles. The number of fused-ring (bicyclic) bond motifs is 3. The van der Waals surface area contributed by atoms with Gasteiger partial charge in [0.15, 0.2) is 29.1 Å². The summed E-state index contributed by atoms with van der Waals surface area (Å²) in [6.45, 7) is 12.6. The van der Waals surface area contributed by atoms with Gasteiger partial charge in [-0.1, -0.05) is 23.7 Å². The Morgan fingerprint density at radius 3 is 1.35 bits per heavy atom. The summed E-state index contributed by atoms with van der Waals surface area (Å²) in [5.41, 5.74) is 5.41. The van der Waals surface area contributed by atoms with E-state index in [2.05, 4.69) is 97.1 Å². The van der Waals surface area contributed by atoms with Crippen LogP contribution in [0.25, 0.3) is 5.00 Å². The number of nitrogens with one attached hydrogen (secondary N) is 10. The number of hydrogen-bond acceptors (Lipinski definition) is 27. The number of amides is 10. The third-order valence-corrected chi connectivity index (χ3v) is 20.9. The number of anilines is 6. The van der Waals surface area contributed by atoms with Gasteiger partial charge >= 0.3 is 0 Å². The molecule has 0 fully saturated rings. The number of hydrogen-bond donors (Lipinski definition) is 10. The van der Waals surface area contributed by atoms with E-state index in [9.17, 15) is 47.9 Å². The van der Waals surface area contributed by atoms with E-state index in [1.165, 1.54) is 73.0 Å². The Morgan fingerprint density at radius 2 is 0.860 bits per heavy atom. The largest absolute Gasteiger partial charge is 0.491 e. The van der Waals surface area contributed by atoms with Crippen LogP contribution in [0.5, 0.6) is 5.75 Å². The van der Waals surface area contributed by atoms with Crippen molar-refractivity contribution in [3.63, 3.8) is 0 Å². The third-order valence-electron chi connectivity index (χ3n) is 19.5. The number of aryl methyl sites for hydroxylation is 8. The standard InChI is InChI=1S/C84H105ClN24O19S/c1-52-53(2)129-84-71(52)72(55-10-12-56(85)13-11-55)94-61(73-102-101-54(3)109(73)84)46-70(113)91-57-14-16-60(17-15-57)128-43-42-127-41-40-126-39-38-125-37-36-124-35-34-123-33-32-122-31-30-121-29-28-120-27-25-86-67(110)18-21-90-80(116)75-99-66(51-106(75)7)100-83(119)77-98-65(50-108(77)9)96-69(112)20-23-89-79(115)63-45-59(48-105(63)6)93-82(118)76-97-64(49-107(76)8)95-68(111)19-22-88-78(114)62-44-58(47-104(62)5)92-81(117)74-87-24-26-103(74)4/h10-17,24,26,44-45,47-51,61H,18-23,25,27-43,46H2,1-9H3,(H,86,110)(H,88,114)(H,89,115)(H,90,116)(H,91,113)(H,92,117)(H,93,118)(H,95,111)(H,96,112)(H,100,119)/t61-/m0/s1. The molecule has 0 saturated heterocycles. The first-order chi connectivity index (χ1) is 62.2. The number of carbonyl (C=O) groups is 10. The second-order valence-corrected chi connectivity index (χ2v) is 30.9. The molecule has 1 aliphatic heterocycles. The second-order valence-electron chi connectivity index (χ2n) is 29.2. The molecule has 8 aromatic heterocycles. The van der Waals surface area contributed by atoms with Crippen LogP contribution < -0.4 is 57.9 Å². The maximum Gasteiger partial charge on any atom is 0.292 e. The number of carbonyl (C=O) groups excluding carboxylic acids is 10. The summed E-state index contributed by atoms with van der Waals surface area (Å²) < 4.78 is 61.2. The lowest BCUT2D eigenvalue weighted by Crippen LogP contribution is -2.33. The summed E-state index contributed by atoms with van der Waals surface area (Å²) in [6.07, 6.45) is 10.2. The van der Waals surface area contributed by atoms with Gasteiger partial charge in [0.1, 0.15) is 40.6 Å². The van der Waals surface area contributed by atoms with Gasteiger partial charge in [-0.15, -0.1) is 21.5 Å². The van der Waals surface area contributed by atoms with Crippen LogP contribution in [0.4, 0.5) is 34.5 Å². The van der Waals surface area contributed by atoms with Crippen molar-refractivity contribution in [2.45, 2.75) is 52.5 Å². The summed E-state index contributed by atoms with van der Waals surface area (Å²) in [4.78, 5) is 153.